The fourth-order valence-corrected chi connectivity index (χ4v) is 1.37. The first kappa shape index (κ1) is 12.9. The number of nitrogens with zero attached hydrogens (tertiary/aromatic N) is 1. The van der Waals surface area contributed by atoms with E-state index in [9.17, 15) is 0 Å². The summed E-state index contributed by atoms with van der Waals surface area (Å²) in [6.45, 7) is 9.40. The first-order chi connectivity index (χ1) is 6.35. The van der Waals surface area contributed by atoms with E-state index in [0.717, 1.165) is 6.54 Å². The molecule has 13 heavy (non-hydrogen) atoms. The Hall–Kier alpha value is -0.0800. The molecule has 0 heterocycles. The van der Waals surface area contributed by atoms with Crippen molar-refractivity contribution in [3.63, 3.8) is 0 Å². The normalized spacial score (nSPS) is 11.1. The molecule has 0 saturated heterocycles. The summed E-state index contributed by atoms with van der Waals surface area (Å²) in [5, 5.41) is 3.21. The predicted octanol–water partition coefficient (Wildman–Crippen LogP) is 2.35. The molecule has 0 bridgehead atoms. The lowest BCUT2D eigenvalue weighted by molar-refractivity contribution is 0.267. The van der Waals surface area contributed by atoms with Crippen LogP contribution in [0.5, 0.6) is 0 Å². The van der Waals surface area contributed by atoms with Gasteiger partial charge >= 0.3 is 0 Å². The Morgan fingerprint density at radius 3 is 1.92 bits per heavy atom. The van der Waals surface area contributed by atoms with Gasteiger partial charge in [0.15, 0.2) is 0 Å². The molecule has 2 heteroatoms. The first-order valence-electron chi connectivity index (χ1n) is 5.72. The van der Waals surface area contributed by atoms with Gasteiger partial charge in [0.05, 0.1) is 0 Å². The average molecular weight is 188 g/mol. The third-order valence-electron chi connectivity index (χ3n) is 2.33. The minimum absolute atomic E-state index is 0. The van der Waals surface area contributed by atoms with Crippen molar-refractivity contribution >= 4 is 0 Å². The monoisotopic (exact) mass is 188 g/mol. The Morgan fingerprint density at radius 2 is 1.54 bits per heavy atom. The lowest BCUT2D eigenvalue weighted by Crippen LogP contribution is -2.32. The average Bonchev–Trinajstić information content (AvgIpc) is 2.17. The summed E-state index contributed by atoms with van der Waals surface area (Å²) in [4.78, 5) is 2.57. The van der Waals surface area contributed by atoms with Gasteiger partial charge in [0, 0.05) is 14.5 Å². The third kappa shape index (κ3) is 8.26. The third-order valence-corrected chi connectivity index (χ3v) is 2.33. The van der Waals surface area contributed by atoms with E-state index >= 15 is 0 Å². The molecule has 0 aliphatic heterocycles. The van der Waals surface area contributed by atoms with Crippen LogP contribution < -0.4 is 5.32 Å². The van der Waals surface area contributed by atoms with Gasteiger partial charge in [-0.25, -0.2) is 0 Å². The molecule has 0 fully saturated rings. The van der Waals surface area contributed by atoms with Gasteiger partial charge in [-0.05, 0) is 33.0 Å². The summed E-state index contributed by atoms with van der Waals surface area (Å²) >= 11 is 0. The van der Waals surface area contributed by atoms with Crippen LogP contribution in [0.3, 0.4) is 0 Å². The van der Waals surface area contributed by atoms with Crippen LogP contribution in [0.1, 0.15) is 41.0 Å². The number of hydrogen-bond acceptors (Lipinski definition) is 2. The maximum atomic E-state index is 3.21. The molecule has 0 radical (unpaired) electrons. The summed E-state index contributed by atoms with van der Waals surface area (Å²) in [5.74, 6) is 0. The van der Waals surface area contributed by atoms with Crippen LogP contribution in [-0.2, 0) is 0 Å². The fourth-order valence-electron chi connectivity index (χ4n) is 1.37. The van der Waals surface area contributed by atoms with E-state index in [-0.39, 0.29) is 1.43 Å². The summed E-state index contributed by atoms with van der Waals surface area (Å²) in [6.07, 6.45) is 5.30. The van der Waals surface area contributed by atoms with E-state index < -0.39 is 0 Å². The van der Waals surface area contributed by atoms with E-state index in [1.54, 1.807) is 0 Å². The maximum absolute atomic E-state index is 3.21. The highest BCUT2D eigenvalue weighted by Crippen LogP contribution is 1.97. The summed E-state index contributed by atoms with van der Waals surface area (Å²) in [7, 11) is 2.03. The molecule has 0 rings (SSSR count). The Balaban J connectivity index is 0. The van der Waals surface area contributed by atoms with E-state index in [0.29, 0.717) is 0 Å². The standard InChI is InChI=1S/C11H26N2.H2/c1-4-6-9-13(10-7-5-2)11-8-12-3;/h12H,4-11H2,1-3H3;1H. The van der Waals surface area contributed by atoms with Crippen molar-refractivity contribution in [3.8, 4) is 0 Å². The van der Waals surface area contributed by atoms with Gasteiger partial charge in [-0.15, -0.1) is 0 Å². The van der Waals surface area contributed by atoms with Gasteiger partial charge in [0.2, 0.25) is 0 Å². The van der Waals surface area contributed by atoms with Gasteiger partial charge in [-0.2, -0.15) is 0 Å². The van der Waals surface area contributed by atoms with Gasteiger partial charge in [0.1, 0.15) is 0 Å². The minimum Gasteiger partial charge on any atom is -0.318 e. The molecule has 2 nitrogen and oxygen atoms in total. The van der Waals surface area contributed by atoms with Gasteiger partial charge in [0.25, 0.3) is 0 Å². The highest BCUT2D eigenvalue weighted by Gasteiger charge is 2.01. The molecule has 0 amide bonds. The van der Waals surface area contributed by atoms with Crippen molar-refractivity contribution in [1.82, 2.24) is 10.2 Å². The highest BCUT2D eigenvalue weighted by atomic mass is 15.1. The molecule has 0 aromatic carbocycles. The fraction of sp³-hybridized carbons (Fsp3) is 1.00. The summed E-state index contributed by atoms with van der Waals surface area (Å²) in [5.41, 5.74) is 0. The zero-order chi connectivity index (χ0) is 9.94. The minimum atomic E-state index is 0. The molecule has 0 aliphatic rings. The lowest BCUT2D eigenvalue weighted by atomic mass is 10.2. The van der Waals surface area contributed by atoms with Crippen molar-refractivity contribution in [2.24, 2.45) is 0 Å². The number of likely N-dealkylation sites (N-methyl/N-ethyl adjacent to an activating group) is 1. The number of unbranched alkanes of at least 4 members (excludes halogenated alkanes) is 2. The Bertz CT molecular complexity index is 80.3. The first-order valence-corrected chi connectivity index (χ1v) is 5.72. The van der Waals surface area contributed by atoms with Gasteiger partial charge in [-0.3, -0.25) is 0 Å². The zero-order valence-corrected chi connectivity index (χ0v) is 9.60. The Morgan fingerprint density at radius 1 is 1.00 bits per heavy atom. The highest BCUT2D eigenvalue weighted by molar-refractivity contribution is 4.58. The molecule has 0 atom stereocenters. The molecule has 0 aromatic rings. The molecule has 0 unspecified atom stereocenters. The summed E-state index contributed by atoms with van der Waals surface area (Å²) < 4.78 is 0. The van der Waals surface area contributed by atoms with Crippen LogP contribution in [0.4, 0.5) is 0 Å². The van der Waals surface area contributed by atoms with Crippen molar-refractivity contribution in [2.75, 3.05) is 33.2 Å². The van der Waals surface area contributed by atoms with Crippen LogP contribution in [-0.4, -0.2) is 38.1 Å². The van der Waals surface area contributed by atoms with Crippen molar-refractivity contribution in [3.05, 3.63) is 0 Å². The Labute approximate surface area is 85.2 Å². The van der Waals surface area contributed by atoms with Crippen molar-refractivity contribution in [1.29, 1.82) is 0 Å². The molecule has 82 valence electrons. The molecule has 0 saturated carbocycles. The van der Waals surface area contributed by atoms with Crippen molar-refractivity contribution in [2.45, 2.75) is 39.5 Å². The molecular formula is C11H28N2. The molecule has 0 spiro atoms. The van der Waals surface area contributed by atoms with E-state index in [4.69, 9.17) is 0 Å². The molecule has 0 aliphatic carbocycles. The molecular weight excluding hydrogens is 160 g/mol. The smallest absolute Gasteiger partial charge is 0.0107 e. The van der Waals surface area contributed by atoms with Crippen LogP contribution in [0.25, 0.3) is 0 Å². The number of nitrogens with one attached hydrogen (secondary N) is 1. The van der Waals surface area contributed by atoms with Crippen LogP contribution >= 0.6 is 0 Å². The molecule has 1 N–H and O–H groups in total. The summed E-state index contributed by atoms with van der Waals surface area (Å²) in [6, 6.07) is 0. The van der Waals surface area contributed by atoms with Crippen LogP contribution in [0.2, 0.25) is 0 Å². The topological polar surface area (TPSA) is 15.3 Å². The Kier molecular flexibility index (Phi) is 9.94. The quantitative estimate of drug-likeness (QED) is 0.597. The van der Waals surface area contributed by atoms with E-state index in [1.807, 2.05) is 7.05 Å². The van der Waals surface area contributed by atoms with E-state index in [1.165, 1.54) is 45.3 Å². The van der Waals surface area contributed by atoms with E-state index in [2.05, 4.69) is 24.1 Å². The number of rotatable bonds is 9. The SMILES string of the molecule is CCCCN(CCCC)CCNC.[HH]. The predicted molar refractivity (Wildman–Crippen MR) is 62.3 cm³/mol. The maximum Gasteiger partial charge on any atom is 0.0107 e. The lowest BCUT2D eigenvalue weighted by Gasteiger charge is -2.21. The second-order valence-corrected chi connectivity index (χ2v) is 3.65. The van der Waals surface area contributed by atoms with Gasteiger partial charge < -0.3 is 10.2 Å². The van der Waals surface area contributed by atoms with Gasteiger partial charge in [-0.1, -0.05) is 26.7 Å². The second-order valence-electron chi connectivity index (χ2n) is 3.65. The van der Waals surface area contributed by atoms with Crippen LogP contribution in [0.15, 0.2) is 0 Å². The second kappa shape index (κ2) is 10.0. The largest absolute Gasteiger partial charge is 0.318 e. The van der Waals surface area contributed by atoms with Crippen molar-refractivity contribution < 1.29 is 1.43 Å². The number of hydrogen-bond donors (Lipinski definition) is 1. The zero-order valence-electron chi connectivity index (χ0n) is 9.60. The molecule has 0 aromatic heterocycles. The van der Waals surface area contributed by atoms with Crippen LogP contribution in [0, 0.1) is 0 Å².